The second-order valence-corrected chi connectivity index (χ2v) is 7.31. The molecule has 3 atom stereocenters. The van der Waals surface area contributed by atoms with E-state index in [-0.39, 0.29) is 16.6 Å². The summed E-state index contributed by atoms with van der Waals surface area (Å²) in [4.78, 5) is 21.7. The maximum absolute atomic E-state index is 12.6. The molecule has 1 amide bonds. The van der Waals surface area contributed by atoms with E-state index in [1.54, 1.807) is 0 Å². The number of hydrogen-bond acceptors (Lipinski definition) is 4. The van der Waals surface area contributed by atoms with Gasteiger partial charge in [0.25, 0.3) is 0 Å². The lowest BCUT2D eigenvalue weighted by Crippen LogP contribution is -2.47. The summed E-state index contributed by atoms with van der Waals surface area (Å²) in [5.74, 6) is 2.35. The summed E-state index contributed by atoms with van der Waals surface area (Å²) in [6.07, 6.45) is 11.5. The molecule has 1 spiro atoms. The summed E-state index contributed by atoms with van der Waals surface area (Å²) < 4.78 is -0.0630. The molecule has 1 fully saturated rings. The van der Waals surface area contributed by atoms with E-state index in [0.29, 0.717) is 5.92 Å². The van der Waals surface area contributed by atoms with Crippen LogP contribution in [0.3, 0.4) is 0 Å². The number of hydrogen-bond donors (Lipinski definition) is 1. The van der Waals surface area contributed by atoms with E-state index in [0.717, 1.165) is 49.7 Å². The van der Waals surface area contributed by atoms with Crippen molar-refractivity contribution >= 4 is 29.2 Å². The third-order valence-corrected chi connectivity index (χ3v) is 6.50. The van der Waals surface area contributed by atoms with Gasteiger partial charge in [0.2, 0.25) is 5.91 Å². The largest absolute Gasteiger partial charge is 0.314 e. The van der Waals surface area contributed by atoms with Crippen LogP contribution in [0.5, 0.6) is 0 Å². The second-order valence-electron chi connectivity index (χ2n) is 6.01. The third kappa shape index (κ3) is 2.09. The quantitative estimate of drug-likeness (QED) is 0.805. The summed E-state index contributed by atoms with van der Waals surface area (Å²) >= 11 is 1.88. The molecule has 4 rings (SSSR count). The van der Waals surface area contributed by atoms with Crippen molar-refractivity contribution < 1.29 is 4.79 Å². The number of carbonyl (C=O) groups is 1. The maximum atomic E-state index is 12.6. The van der Waals surface area contributed by atoms with Gasteiger partial charge in [0.15, 0.2) is 0 Å². The van der Waals surface area contributed by atoms with E-state index < -0.39 is 0 Å². The molecule has 1 saturated heterocycles. The maximum Gasteiger partial charge on any atom is 0.229 e. The lowest BCUT2D eigenvalue weighted by molar-refractivity contribution is -0.124. The standard InChI is InChI=1S/C16H19N3OS/c20-15(19-14-5-3-8-18-14)11-10-21-16-7-2-1-4-13(16)17-9-6-12(11)16/h1-2,4,7,11-12H,3,5-6,8-10H2,(H,18,19,20). The predicted octanol–water partition coefficient (Wildman–Crippen LogP) is 1.98. The van der Waals surface area contributed by atoms with Crippen molar-refractivity contribution in [2.24, 2.45) is 21.8 Å². The van der Waals surface area contributed by atoms with Crippen LogP contribution in [-0.2, 0) is 4.79 Å². The summed E-state index contributed by atoms with van der Waals surface area (Å²) in [5, 5.41) is 3.06. The fourth-order valence-corrected chi connectivity index (χ4v) is 5.59. The number of nitrogens with zero attached hydrogens (tertiary/aromatic N) is 2. The zero-order valence-electron chi connectivity index (χ0n) is 11.9. The first kappa shape index (κ1) is 13.3. The molecule has 0 aromatic carbocycles. The SMILES string of the molecule is O=C(NC1=NCCC1)C1CSC23C=CC=CC2=NCCC13. The van der Waals surface area contributed by atoms with Crippen molar-refractivity contribution in [3.8, 4) is 0 Å². The topological polar surface area (TPSA) is 53.8 Å². The van der Waals surface area contributed by atoms with Crippen LogP contribution in [0.15, 0.2) is 34.3 Å². The van der Waals surface area contributed by atoms with Crippen molar-refractivity contribution in [1.82, 2.24) is 5.32 Å². The number of thioether (sulfide) groups is 1. The van der Waals surface area contributed by atoms with Crippen LogP contribution in [0.4, 0.5) is 0 Å². The Balaban J connectivity index is 1.57. The number of allylic oxidation sites excluding steroid dienone is 3. The van der Waals surface area contributed by atoms with Gasteiger partial charge in [-0.1, -0.05) is 18.2 Å². The average Bonchev–Trinajstić information content (AvgIpc) is 3.13. The van der Waals surface area contributed by atoms with Crippen LogP contribution in [0.1, 0.15) is 19.3 Å². The van der Waals surface area contributed by atoms with Gasteiger partial charge in [0.05, 0.1) is 16.4 Å². The fourth-order valence-electron chi connectivity index (χ4n) is 3.80. The molecule has 1 aliphatic carbocycles. The molecule has 0 bridgehead atoms. The lowest BCUT2D eigenvalue weighted by Gasteiger charge is -2.38. The monoisotopic (exact) mass is 301 g/mol. The summed E-state index contributed by atoms with van der Waals surface area (Å²) in [6, 6.07) is 0. The van der Waals surface area contributed by atoms with Gasteiger partial charge >= 0.3 is 0 Å². The number of nitrogens with one attached hydrogen (secondary N) is 1. The molecular formula is C16H19N3OS. The van der Waals surface area contributed by atoms with Crippen LogP contribution in [0, 0.1) is 11.8 Å². The molecular weight excluding hydrogens is 282 g/mol. The average molecular weight is 301 g/mol. The molecule has 1 N–H and O–H groups in total. The molecule has 4 aliphatic rings. The number of aliphatic imine (C=N–C) groups is 2. The highest BCUT2D eigenvalue weighted by atomic mass is 32.2. The zero-order chi connectivity index (χ0) is 14.3. The minimum absolute atomic E-state index is 0.0630. The van der Waals surface area contributed by atoms with Crippen LogP contribution in [-0.4, -0.2) is 41.0 Å². The molecule has 0 radical (unpaired) electrons. The van der Waals surface area contributed by atoms with E-state index in [1.807, 2.05) is 17.8 Å². The van der Waals surface area contributed by atoms with Gasteiger partial charge in [-0.2, -0.15) is 0 Å². The Labute approximate surface area is 128 Å². The van der Waals surface area contributed by atoms with Crippen LogP contribution >= 0.6 is 11.8 Å². The van der Waals surface area contributed by atoms with E-state index in [4.69, 9.17) is 0 Å². The molecule has 3 heterocycles. The van der Waals surface area contributed by atoms with Crippen LogP contribution < -0.4 is 5.32 Å². The normalized spacial score (nSPS) is 36.8. The molecule has 3 aliphatic heterocycles. The van der Waals surface area contributed by atoms with E-state index >= 15 is 0 Å². The number of carbonyl (C=O) groups excluding carboxylic acids is 1. The zero-order valence-corrected chi connectivity index (χ0v) is 12.7. The Hall–Kier alpha value is -1.36. The van der Waals surface area contributed by atoms with Gasteiger partial charge in [0, 0.05) is 25.3 Å². The predicted molar refractivity (Wildman–Crippen MR) is 87.0 cm³/mol. The van der Waals surface area contributed by atoms with Gasteiger partial charge in [0.1, 0.15) is 5.84 Å². The minimum atomic E-state index is -0.0630. The highest BCUT2D eigenvalue weighted by Gasteiger charge is 2.54. The number of amides is 1. The van der Waals surface area contributed by atoms with Crippen molar-refractivity contribution in [1.29, 1.82) is 0 Å². The fraction of sp³-hybridized carbons (Fsp3) is 0.562. The van der Waals surface area contributed by atoms with Crippen LogP contribution in [0.25, 0.3) is 0 Å². The van der Waals surface area contributed by atoms with Crippen molar-refractivity contribution in [2.75, 3.05) is 18.8 Å². The van der Waals surface area contributed by atoms with Gasteiger partial charge in [-0.05, 0) is 24.8 Å². The second kappa shape index (κ2) is 5.13. The Bertz CT molecular complexity index is 592. The molecule has 5 heteroatoms. The molecule has 0 aromatic heterocycles. The number of rotatable bonds is 1. The Morgan fingerprint density at radius 3 is 3.14 bits per heavy atom. The molecule has 4 nitrogen and oxygen atoms in total. The summed E-state index contributed by atoms with van der Waals surface area (Å²) in [6.45, 7) is 1.69. The van der Waals surface area contributed by atoms with E-state index in [2.05, 4.69) is 33.5 Å². The smallest absolute Gasteiger partial charge is 0.229 e. The Morgan fingerprint density at radius 1 is 1.33 bits per heavy atom. The highest BCUT2D eigenvalue weighted by Crippen LogP contribution is 2.52. The lowest BCUT2D eigenvalue weighted by atomic mass is 9.74. The first-order valence-corrected chi connectivity index (χ1v) is 8.67. The van der Waals surface area contributed by atoms with E-state index in [9.17, 15) is 4.79 Å². The minimum Gasteiger partial charge on any atom is -0.314 e. The molecule has 0 saturated carbocycles. The van der Waals surface area contributed by atoms with Gasteiger partial charge in [-0.25, -0.2) is 0 Å². The van der Waals surface area contributed by atoms with E-state index in [1.165, 1.54) is 0 Å². The van der Waals surface area contributed by atoms with Crippen molar-refractivity contribution in [2.45, 2.75) is 24.0 Å². The van der Waals surface area contributed by atoms with Gasteiger partial charge in [-0.15, -0.1) is 11.8 Å². The first-order chi connectivity index (χ1) is 10.3. The van der Waals surface area contributed by atoms with Gasteiger partial charge in [-0.3, -0.25) is 14.8 Å². The third-order valence-electron chi connectivity index (χ3n) is 4.85. The Morgan fingerprint density at radius 2 is 2.29 bits per heavy atom. The molecule has 21 heavy (non-hydrogen) atoms. The van der Waals surface area contributed by atoms with Crippen LogP contribution in [0.2, 0.25) is 0 Å². The molecule has 110 valence electrons. The molecule has 0 aromatic rings. The summed E-state index contributed by atoms with van der Waals surface area (Å²) in [5.41, 5.74) is 1.15. The summed E-state index contributed by atoms with van der Waals surface area (Å²) in [7, 11) is 0. The van der Waals surface area contributed by atoms with Gasteiger partial charge < -0.3 is 5.32 Å². The number of amidine groups is 1. The van der Waals surface area contributed by atoms with Crippen molar-refractivity contribution in [3.05, 3.63) is 24.3 Å². The molecule has 3 unspecified atom stereocenters. The Kier molecular flexibility index (Phi) is 3.25. The van der Waals surface area contributed by atoms with Crippen molar-refractivity contribution in [3.63, 3.8) is 0 Å². The first-order valence-electron chi connectivity index (χ1n) is 7.68. The highest BCUT2D eigenvalue weighted by molar-refractivity contribution is 8.02.